The number of anilines is 1. The molecule has 0 N–H and O–H groups in total. The molecular weight excluding hydrogens is 555 g/mol. The molecule has 1 atom stereocenters. The largest absolute Gasteiger partial charge is 0.463 e. The van der Waals surface area contributed by atoms with Crippen molar-refractivity contribution in [3.8, 4) is 0 Å². The van der Waals surface area contributed by atoms with E-state index < -0.39 is 12.0 Å². The van der Waals surface area contributed by atoms with Gasteiger partial charge < -0.3 is 9.64 Å². The summed E-state index contributed by atoms with van der Waals surface area (Å²) in [4.78, 5) is 49.4. The first kappa shape index (κ1) is 27.0. The summed E-state index contributed by atoms with van der Waals surface area (Å²) in [5, 5.41) is 0. The zero-order valence-electron chi connectivity index (χ0n) is 22.8. The molecule has 2 aliphatic rings. The molecule has 1 amide bonds. The van der Waals surface area contributed by atoms with Crippen LogP contribution in [-0.2, 0) is 20.9 Å². The Hall–Kier alpha value is -4.21. The Balaban J connectivity index is 1.57. The fourth-order valence-corrected chi connectivity index (χ4v) is 6.91. The Morgan fingerprint density at radius 1 is 1.00 bits per heavy atom. The summed E-state index contributed by atoms with van der Waals surface area (Å²) in [6.45, 7) is 4.09. The Morgan fingerprint density at radius 3 is 2.41 bits per heavy atom. The Labute approximate surface area is 245 Å². The number of fused-ring (bicyclic) bond motifs is 2. The van der Waals surface area contributed by atoms with Gasteiger partial charge in [0.2, 0.25) is 0 Å². The van der Waals surface area contributed by atoms with Crippen LogP contribution in [-0.4, -0.2) is 29.3 Å². The van der Waals surface area contributed by atoms with Gasteiger partial charge in [-0.05, 0) is 49.4 Å². The molecule has 0 bridgehead atoms. The molecule has 0 saturated carbocycles. The van der Waals surface area contributed by atoms with Crippen molar-refractivity contribution < 1.29 is 14.3 Å². The highest BCUT2D eigenvalue weighted by Crippen LogP contribution is 2.37. The predicted molar refractivity (Wildman–Crippen MR) is 162 cm³/mol. The minimum atomic E-state index is -0.734. The van der Waals surface area contributed by atoms with Gasteiger partial charge >= 0.3 is 5.97 Å². The van der Waals surface area contributed by atoms with Crippen molar-refractivity contribution in [2.75, 3.05) is 17.8 Å². The van der Waals surface area contributed by atoms with E-state index in [1.165, 1.54) is 15.9 Å². The van der Waals surface area contributed by atoms with E-state index in [1.54, 1.807) is 30.5 Å². The lowest BCUT2D eigenvalue weighted by molar-refractivity contribution is -0.139. The molecule has 0 aliphatic carbocycles. The summed E-state index contributed by atoms with van der Waals surface area (Å²) in [6, 6.07) is 24.4. The molecule has 6 rings (SSSR count). The zero-order valence-corrected chi connectivity index (χ0v) is 24.4. The Morgan fingerprint density at radius 2 is 1.71 bits per heavy atom. The van der Waals surface area contributed by atoms with E-state index >= 15 is 0 Å². The molecule has 206 valence electrons. The molecule has 0 radical (unpaired) electrons. The average molecular weight is 582 g/mol. The number of nitrogens with zero attached hydrogens (tertiary/aromatic N) is 3. The number of hydrogen-bond acceptors (Lipinski definition) is 7. The normalized spacial score (nSPS) is 17.3. The van der Waals surface area contributed by atoms with Gasteiger partial charge in [0.1, 0.15) is 4.53 Å². The first-order valence-corrected chi connectivity index (χ1v) is 15.3. The van der Waals surface area contributed by atoms with Gasteiger partial charge in [0, 0.05) is 10.5 Å². The number of ether oxygens (including phenoxy) is 1. The fraction of sp³-hybridized carbons (Fsp3) is 0.188. The van der Waals surface area contributed by atoms with Crippen LogP contribution in [0.3, 0.4) is 0 Å². The smallest absolute Gasteiger partial charge is 0.338 e. The number of para-hydroxylation sites is 1. The maximum atomic E-state index is 14.3. The first-order chi connectivity index (χ1) is 19.9. The van der Waals surface area contributed by atoms with Gasteiger partial charge in [-0.2, -0.15) is 0 Å². The lowest BCUT2D eigenvalue weighted by Gasteiger charge is -2.24. The standard InChI is InChI=1S/C32H27N3O4S2/c1-4-39-31(38)25-19(2)33-32-35(27(25)21-14-16-22(40-3)17-15-21)30(37)28(41-32)26-23-12-8-9-13-24(23)34(29(26)36)18-20-10-6-5-7-11-20/h5-17,27H,4,18H2,1-3H3/b28-26-/t27-/m1/s1. The third-order valence-electron chi connectivity index (χ3n) is 7.26. The highest BCUT2D eigenvalue weighted by atomic mass is 32.2. The van der Waals surface area contributed by atoms with Crippen LogP contribution in [0.1, 0.15) is 36.6 Å². The van der Waals surface area contributed by atoms with E-state index in [2.05, 4.69) is 4.99 Å². The van der Waals surface area contributed by atoms with E-state index in [4.69, 9.17) is 4.74 Å². The topological polar surface area (TPSA) is 81.0 Å². The van der Waals surface area contributed by atoms with Crippen LogP contribution in [0.25, 0.3) is 5.57 Å². The number of thioether (sulfide) groups is 1. The second kappa shape index (κ2) is 11.0. The number of aromatic nitrogens is 1. The monoisotopic (exact) mass is 581 g/mol. The predicted octanol–water partition coefficient (Wildman–Crippen LogP) is 4.44. The van der Waals surface area contributed by atoms with Gasteiger partial charge in [-0.25, -0.2) is 9.79 Å². The van der Waals surface area contributed by atoms with Crippen LogP contribution in [0.15, 0.2) is 105 Å². The average Bonchev–Trinajstić information content (AvgIpc) is 3.45. The molecule has 3 heterocycles. The molecule has 0 saturated heterocycles. The zero-order chi connectivity index (χ0) is 28.7. The summed E-state index contributed by atoms with van der Waals surface area (Å²) in [5.41, 5.74) is 4.02. The number of hydrogen-bond donors (Lipinski definition) is 0. The lowest BCUT2D eigenvalue weighted by atomic mass is 9.96. The molecule has 7 nitrogen and oxygen atoms in total. The summed E-state index contributed by atoms with van der Waals surface area (Å²) < 4.78 is 7.25. The molecular formula is C32H27N3O4S2. The van der Waals surface area contributed by atoms with Crippen LogP contribution in [0, 0.1) is 0 Å². The third kappa shape index (κ3) is 4.65. The van der Waals surface area contributed by atoms with Crippen molar-refractivity contribution in [1.29, 1.82) is 0 Å². The van der Waals surface area contributed by atoms with Gasteiger partial charge in [-0.15, -0.1) is 11.8 Å². The van der Waals surface area contributed by atoms with E-state index in [0.717, 1.165) is 21.7 Å². The third-order valence-corrected chi connectivity index (χ3v) is 9.05. The second-order valence-electron chi connectivity index (χ2n) is 9.67. The maximum absolute atomic E-state index is 14.3. The van der Waals surface area contributed by atoms with Crippen LogP contribution < -0.4 is 19.8 Å². The molecule has 1 aromatic heterocycles. The molecule has 9 heteroatoms. The first-order valence-electron chi connectivity index (χ1n) is 13.2. The van der Waals surface area contributed by atoms with Crippen LogP contribution >= 0.6 is 23.1 Å². The number of thiazole rings is 1. The molecule has 3 aromatic carbocycles. The van der Waals surface area contributed by atoms with Gasteiger partial charge in [-0.1, -0.05) is 72.0 Å². The number of benzene rings is 3. The van der Waals surface area contributed by atoms with E-state index in [-0.39, 0.29) is 18.1 Å². The fourth-order valence-electron chi connectivity index (χ4n) is 5.37. The summed E-state index contributed by atoms with van der Waals surface area (Å²) in [7, 11) is 0. The molecule has 0 fully saturated rings. The van der Waals surface area contributed by atoms with Crippen molar-refractivity contribution in [3.05, 3.63) is 127 Å². The van der Waals surface area contributed by atoms with Gasteiger partial charge in [0.25, 0.3) is 11.5 Å². The molecule has 2 aliphatic heterocycles. The minimum absolute atomic E-state index is 0.199. The maximum Gasteiger partial charge on any atom is 0.338 e. The van der Waals surface area contributed by atoms with Crippen molar-refractivity contribution in [2.45, 2.75) is 31.3 Å². The second-order valence-corrected chi connectivity index (χ2v) is 11.5. The Bertz CT molecular complexity index is 1890. The van der Waals surface area contributed by atoms with Crippen molar-refractivity contribution in [2.24, 2.45) is 4.99 Å². The van der Waals surface area contributed by atoms with Crippen molar-refractivity contribution in [1.82, 2.24) is 4.57 Å². The number of carbonyl (C=O) groups excluding carboxylic acids is 2. The summed E-state index contributed by atoms with van der Waals surface area (Å²) in [6.07, 6.45) is 1.99. The van der Waals surface area contributed by atoms with Crippen LogP contribution in [0.4, 0.5) is 5.69 Å². The number of rotatable bonds is 6. The quantitative estimate of drug-likeness (QED) is 0.249. The Kier molecular flexibility index (Phi) is 7.23. The SMILES string of the molecule is CCOC(=O)C1=C(C)N=c2s/c(=C3\C(=O)N(Cc4ccccc4)c4ccccc43)c(=O)n2[C@@H]1c1ccc(SC)cc1. The van der Waals surface area contributed by atoms with E-state index in [1.807, 2.05) is 85.1 Å². The van der Waals surface area contributed by atoms with Crippen molar-refractivity contribution >= 4 is 46.2 Å². The highest BCUT2D eigenvalue weighted by Gasteiger charge is 2.37. The summed E-state index contributed by atoms with van der Waals surface area (Å²) in [5.74, 6) is -0.746. The lowest BCUT2D eigenvalue weighted by Crippen LogP contribution is -2.41. The van der Waals surface area contributed by atoms with E-state index in [0.29, 0.717) is 38.3 Å². The number of carbonyl (C=O) groups is 2. The number of amides is 1. The molecule has 4 aromatic rings. The van der Waals surface area contributed by atoms with Crippen LogP contribution in [0.2, 0.25) is 0 Å². The molecule has 41 heavy (non-hydrogen) atoms. The van der Waals surface area contributed by atoms with Gasteiger partial charge in [-0.3, -0.25) is 14.2 Å². The van der Waals surface area contributed by atoms with Crippen molar-refractivity contribution in [3.63, 3.8) is 0 Å². The van der Waals surface area contributed by atoms with Crippen LogP contribution in [0.5, 0.6) is 0 Å². The number of allylic oxidation sites excluding steroid dienone is 1. The highest BCUT2D eigenvalue weighted by molar-refractivity contribution is 7.98. The van der Waals surface area contributed by atoms with Gasteiger partial charge in [0.15, 0.2) is 4.80 Å². The van der Waals surface area contributed by atoms with E-state index in [9.17, 15) is 14.4 Å². The van der Waals surface area contributed by atoms with Gasteiger partial charge in [0.05, 0.1) is 41.7 Å². The molecule has 0 unspecified atom stereocenters. The minimum Gasteiger partial charge on any atom is -0.463 e. The molecule has 0 spiro atoms. The summed E-state index contributed by atoms with van der Waals surface area (Å²) >= 11 is 2.79. The number of esters is 1.